The van der Waals surface area contributed by atoms with E-state index in [2.05, 4.69) is 21.2 Å². The van der Waals surface area contributed by atoms with Crippen LogP contribution in [0, 0.1) is 6.92 Å². The van der Waals surface area contributed by atoms with Crippen LogP contribution < -0.4 is 19.7 Å². The minimum atomic E-state index is -0.851. The maximum absolute atomic E-state index is 13.3. The molecule has 1 fully saturated rings. The van der Waals surface area contributed by atoms with Crippen molar-refractivity contribution < 1.29 is 23.9 Å². The highest BCUT2D eigenvalue weighted by Gasteiger charge is 2.37. The second-order valence-corrected chi connectivity index (χ2v) is 10.1. The van der Waals surface area contributed by atoms with Crippen LogP contribution in [0.15, 0.2) is 82.8 Å². The Hall–Kier alpha value is -4.14. The van der Waals surface area contributed by atoms with Crippen molar-refractivity contribution in [1.29, 1.82) is 0 Å². The average molecular weight is 606 g/mol. The van der Waals surface area contributed by atoms with Crippen molar-refractivity contribution in [2.24, 2.45) is 0 Å². The third-order valence-electron chi connectivity index (χ3n) is 6.36. The van der Waals surface area contributed by atoms with Crippen LogP contribution in [0.25, 0.3) is 16.8 Å². The number of hydrogen-bond donors (Lipinski definition) is 1. The van der Waals surface area contributed by atoms with E-state index in [1.165, 1.54) is 19.3 Å². The monoisotopic (exact) mass is 604 g/mol. The smallest absolute Gasteiger partial charge is 0.335 e. The molecule has 1 aliphatic rings. The second kappa shape index (κ2) is 10.9. The van der Waals surface area contributed by atoms with Gasteiger partial charge in [0.25, 0.3) is 11.8 Å². The third-order valence-corrected chi connectivity index (χ3v) is 7.46. The van der Waals surface area contributed by atoms with Gasteiger partial charge in [0.1, 0.15) is 12.2 Å². The highest BCUT2D eigenvalue weighted by molar-refractivity contribution is 9.10. The van der Waals surface area contributed by atoms with Crippen molar-refractivity contribution in [3.05, 3.63) is 105 Å². The molecule has 4 aromatic rings. The molecule has 0 bridgehead atoms. The molecule has 5 rings (SSSR count). The molecule has 0 aromatic heterocycles. The Balaban J connectivity index is 1.45. The number of methoxy groups -OCH3 is 1. The Bertz CT molecular complexity index is 1680. The molecule has 0 saturated carbocycles. The summed E-state index contributed by atoms with van der Waals surface area (Å²) < 4.78 is 12.2. The maximum Gasteiger partial charge on any atom is 0.335 e. The fourth-order valence-corrected chi connectivity index (χ4v) is 4.89. The van der Waals surface area contributed by atoms with Crippen LogP contribution in [-0.2, 0) is 16.2 Å². The Morgan fingerprint density at radius 1 is 0.974 bits per heavy atom. The fourth-order valence-electron chi connectivity index (χ4n) is 4.28. The Morgan fingerprint density at radius 3 is 2.51 bits per heavy atom. The number of nitrogens with one attached hydrogen (secondary N) is 1. The summed E-state index contributed by atoms with van der Waals surface area (Å²) in [5.74, 6) is -0.690. The standard InChI is InChI=1S/C30H22BrClN2O5/c1-17-10-11-21(14-25(17)32)34-29(36)23(28(35)33-30(34)37)12-20-13-26(38-2)27(15-24(20)31)39-16-19-8-5-7-18-6-3-4-9-22(18)19/h3-15H,16H2,1-2H3,(H,33,35,37)/b23-12-. The number of carbonyl (C=O) groups is 3. The van der Waals surface area contributed by atoms with Crippen molar-refractivity contribution in [3.63, 3.8) is 0 Å². The lowest BCUT2D eigenvalue weighted by atomic mass is 10.1. The zero-order valence-electron chi connectivity index (χ0n) is 21.0. The topological polar surface area (TPSA) is 84.9 Å². The molecular formula is C30H22BrClN2O5. The number of urea groups is 1. The largest absolute Gasteiger partial charge is 0.493 e. The van der Waals surface area contributed by atoms with Gasteiger partial charge in [0.05, 0.1) is 12.8 Å². The van der Waals surface area contributed by atoms with E-state index in [4.69, 9.17) is 21.1 Å². The van der Waals surface area contributed by atoms with Crippen LogP contribution in [0.5, 0.6) is 11.5 Å². The first-order valence-corrected chi connectivity index (χ1v) is 13.1. The van der Waals surface area contributed by atoms with Gasteiger partial charge >= 0.3 is 6.03 Å². The van der Waals surface area contributed by atoms with E-state index in [1.54, 1.807) is 31.2 Å². The summed E-state index contributed by atoms with van der Waals surface area (Å²) in [6.07, 6.45) is 1.40. The van der Waals surface area contributed by atoms with E-state index in [0.29, 0.717) is 33.2 Å². The van der Waals surface area contributed by atoms with Gasteiger partial charge in [-0.1, -0.05) is 76.1 Å². The number of benzene rings is 4. The summed E-state index contributed by atoms with van der Waals surface area (Å²) in [6.45, 7) is 2.11. The van der Waals surface area contributed by atoms with Gasteiger partial charge in [-0.25, -0.2) is 9.69 Å². The molecule has 0 radical (unpaired) electrons. The molecule has 1 heterocycles. The summed E-state index contributed by atoms with van der Waals surface area (Å²) in [6, 6.07) is 21.4. The first kappa shape index (κ1) is 26.5. The molecule has 0 atom stereocenters. The van der Waals surface area contributed by atoms with E-state index >= 15 is 0 Å². The number of halogens is 2. The molecule has 1 saturated heterocycles. The number of hydrogen-bond acceptors (Lipinski definition) is 5. The molecule has 1 N–H and O–H groups in total. The number of rotatable bonds is 6. The third kappa shape index (κ3) is 5.26. The zero-order chi connectivity index (χ0) is 27.7. The SMILES string of the molecule is COc1cc(/C=C2/C(=O)NC(=O)N(c3ccc(C)c(Cl)c3)C2=O)c(Br)cc1OCc1cccc2ccccc12. The van der Waals surface area contributed by atoms with E-state index in [1.807, 2.05) is 42.5 Å². The van der Waals surface area contributed by atoms with Gasteiger partial charge in [-0.15, -0.1) is 0 Å². The summed E-state index contributed by atoms with van der Waals surface area (Å²) in [5, 5.41) is 4.82. The minimum Gasteiger partial charge on any atom is -0.493 e. The minimum absolute atomic E-state index is 0.224. The van der Waals surface area contributed by atoms with Crippen LogP contribution in [0.4, 0.5) is 10.5 Å². The number of barbiturate groups is 1. The second-order valence-electron chi connectivity index (χ2n) is 8.84. The molecule has 39 heavy (non-hydrogen) atoms. The van der Waals surface area contributed by atoms with Crippen LogP contribution in [-0.4, -0.2) is 25.0 Å². The van der Waals surface area contributed by atoms with Gasteiger partial charge in [-0.2, -0.15) is 0 Å². The maximum atomic E-state index is 13.3. The normalized spacial score (nSPS) is 14.6. The van der Waals surface area contributed by atoms with Crippen molar-refractivity contribution in [2.75, 3.05) is 12.0 Å². The van der Waals surface area contributed by atoms with Crippen molar-refractivity contribution in [3.8, 4) is 11.5 Å². The molecule has 0 aliphatic carbocycles. The summed E-state index contributed by atoms with van der Waals surface area (Å²) in [7, 11) is 1.50. The number of ether oxygens (including phenoxy) is 2. The molecule has 0 unspecified atom stereocenters. The molecule has 4 amide bonds. The van der Waals surface area contributed by atoms with Crippen LogP contribution in [0.3, 0.4) is 0 Å². The summed E-state index contributed by atoms with van der Waals surface area (Å²) in [5.41, 5.74) is 2.32. The number of fused-ring (bicyclic) bond motifs is 1. The summed E-state index contributed by atoms with van der Waals surface area (Å²) in [4.78, 5) is 39.4. The van der Waals surface area contributed by atoms with Crippen LogP contribution >= 0.6 is 27.5 Å². The van der Waals surface area contributed by atoms with Gasteiger partial charge in [0, 0.05) is 9.50 Å². The van der Waals surface area contributed by atoms with Gasteiger partial charge in [0.2, 0.25) is 0 Å². The number of amides is 4. The Labute approximate surface area is 238 Å². The number of carbonyl (C=O) groups excluding carboxylic acids is 3. The number of nitrogens with zero attached hydrogens (tertiary/aromatic N) is 1. The van der Waals surface area contributed by atoms with Crippen molar-refractivity contribution >= 4 is 67.9 Å². The molecule has 4 aromatic carbocycles. The van der Waals surface area contributed by atoms with Crippen molar-refractivity contribution in [1.82, 2.24) is 5.32 Å². The first-order valence-electron chi connectivity index (χ1n) is 11.9. The molecule has 9 heteroatoms. The lowest BCUT2D eigenvalue weighted by Gasteiger charge is -2.26. The highest BCUT2D eigenvalue weighted by Crippen LogP contribution is 2.36. The van der Waals surface area contributed by atoms with Gasteiger partial charge in [0.15, 0.2) is 11.5 Å². The Morgan fingerprint density at radius 2 is 1.74 bits per heavy atom. The van der Waals surface area contributed by atoms with Crippen LogP contribution in [0.1, 0.15) is 16.7 Å². The molecule has 196 valence electrons. The quantitative estimate of drug-likeness (QED) is 0.193. The zero-order valence-corrected chi connectivity index (χ0v) is 23.3. The highest BCUT2D eigenvalue weighted by atomic mass is 79.9. The van der Waals surface area contributed by atoms with Crippen LogP contribution in [0.2, 0.25) is 5.02 Å². The lowest BCUT2D eigenvalue weighted by Crippen LogP contribution is -2.54. The molecule has 1 aliphatic heterocycles. The lowest BCUT2D eigenvalue weighted by molar-refractivity contribution is -0.122. The summed E-state index contributed by atoms with van der Waals surface area (Å²) >= 11 is 9.71. The van der Waals surface area contributed by atoms with E-state index < -0.39 is 17.8 Å². The van der Waals surface area contributed by atoms with Crippen molar-refractivity contribution in [2.45, 2.75) is 13.5 Å². The van der Waals surface area contributed by atoms with E-state index in [-0.39, 0.29) is 11.3 Å². The number of aryl methyl sites for hydroxylation is 1. The van der Waals surface area contributed by atoms with E-state index in [9.17, 15) is 14.4 Å². The number of imide groups is 2. The van der Waals surface area contributed by atoms with Gasteiger partial charge in [-0.05, 0) is 64.7 Å². The Kier molecular flexibility index (Phi) is 7.41. The fraction of sp³-hybridized carbons (Fsp3) is 0.100. The first-order chi connectivity index (χ1) is 18.8. The predicted molar refractivity (Wildman–Crippen MR) is 154 cm³/mol. The van der Waals surface area contributed by atoms with Gasteiger partial charge in [-0.3, -0.25) is 14.9 Å². The molecule has 0 spiro atoms. The predicted octanol–water partition coefficient (Wildman–Crippen LogP) is 6.82. The number of anilines is 1. The molecular weight excluding hydrogens is 584 g/mol. The molecule has 7 nitrogen and oxygen atoms in total. The van der Waals surface area contributed by atoms with E-state index in [0.717, 1.165) is 26.8 Å². The van der Waals surface area contributed by atoms with Gasteiger partial charge < -0.3 is 9.47 Å². The average Bonchev–Trinajstić information content (AvgIpc) is 2.92.